The Balaban J connectivity index is 2.05. The van der Waals surface area contributed by atoms with Crippen molar-refractivity contribution in [3.8, 4) is 11.4 Å². The summed E-state index contributed by atoms with van der Waals surface area (Å²) in [7, 11) is -8.45. The van der Waals surface area contributed by atoms with Gasteiger partial charge in [0.15, 0.2) is 17.0 Å². The molecule has 0 aliphatic rings. The first-order chi connectivity index (χ1) is 19.7. The summed E-state index contributed by atoms with van der Waals surface area (Å²) in [6, 6.07) is 17.4. The molecule has 1 unspecified atom stereocenters. The number of carbonyl (C=O) groups excluding carboxylic acids is 2. The van der Waals surface area contributed by atoms with Crippen LogP contribution in [0.4, 0.5) is 5.13 Å². The second-order valence-electron chi connectivity index (χ2n) is 8.53. The third-order valence-electron chi connectivity index (χ3n) is 5.79. The van der Waals surface area contributed by atoms with Crippen molar-refractivity contribution in [3.63, 3.8) is 0 Å². The van der Waals surface area contributed by atoms with Crippen LogP contribution in [0.3, 0.4) is 0 Å². The molecule has 1 N–H and O–H groups in total. The highest BCUT2D eigenvalue weighted by molar-refractivity contribution is 7.72. The number of aromatic nitrogens is 2. The van der Waals surface area contributed by atoms with Crippen LogP contribution in [0.5, 0.6) is 0 Å². The van der Waals surface area contributed by atoms with Gasteiger partial charge in [-0.25, -0.2) is 0 Å². The van der Waals surface area contributed by atoms with E-state index in [0.29, 0.717) is 5.82 Å². The lowest BCUT2D eigenvalue weighted by molar-refractivity contribution is -0.118. The minimum Gasteiger partial charge on any atom is -0.308 e. The Labute approximate surface area is 244 Å². The van der Waals surface area contributed by atoms with Gasteiger partial charge in [-0.1, -0.05) is 60.7 Å². The van der Waals surface area contributed by atoms with Crippen molar-refractivity contribution in [2.45, 2.75) is 39.5 Å². The number of anilines is 1. The van der Waals surface area contributed by atoms with Gasteiger partial charge in [0.2, 0.25) is 11.0 Å². The van der Waals surface area contributed by atoms with Gasteiger partial charge in [-0.2, -0.15) is 9.36 Å². The molecule has 2 aromatic carbocycles. The fourth-order valence-electron chi connectivity index (χ4n) is 4.09. The monoisotopic (exact) mass is 623 g/mol. The SMILES string of the molecule is CCOP(=O)(OCC)C(CC(C(=O)Nc1nc(-c2ccccc2)ns1)C(=O)c1ccccc1)P(=O)(OCC)OCC. The molecule has 0 aliphatic carbocycles. The number of rotatable bonds is 17. The fraction of sp³-hybridized carbons (Fsp3) is 0.407. The van der Waals surface area contributed by atoms with Crippen LogP contribution in [0.2, 0.25) is 0 Å². The van der Waals surface area contributed by atoms with Gasteiger partial charge >= 0.3 is 15.2 Å². The van der Waals surface area contributed by atoms with E-state index in [9.17, 15) is 18.7 Å². The van der Waals surface area contributed by atoms with Crippen LogP contribution < -0.4 is 5.32 Å². The molecule has 0 fully saturated rings. The number of Topliss-reactive ketones (excluding diaryl/α,β-unsaturated/α-hetero) is 1. The molecule has 0 spiro atoms. The van der Waals surface area contributed by atoms with Crippen LogP contribution >= 0.6 is 26.7 Å². The molecule has 1 heterocycles. The first-order valence-electron chi connectivity index (χ1n) is 13.3. The van der Waals surface area contributed by atoms with E-state index in [-0.39, 0.29) is 37.1 Å². The zero-order valence-corrected chi connectivity index (χ0v) is 26.0. The van der Waals surface area contributed by atoms with E-state index < -0.39 is 44.6 Å². The molecule has 0 bridgehead atoms. The summed E-state index contributed by atoms with van der Waals surface area (Å²) in [6.45, 7) is 6.26. The minimum atomic E-state index is -4.22. The Bertz CT molecular complexity index is 1320. The van der Waals surface area contributed by atoms with E-state index in [0.717, 1.165) is 17.1 Å². The van der Waals surface area contributed by atoms with Crippen LogP contribution in [0.25, 0.3) is 11.4 Å². The Morgan fingerprint density at radius 3 is 1.78 bits per heavy atom. The lowest BCUT2D eigenvalue weighted by Crippen LogP contribution is -2.34. The summed E-state index contributed by atoms with van der Waals surface area (Å²) in [6.07, 6.45) is -0.502. The molecule has 222 valence electrons. The molecule has 41 heavy (non-hydrogen) atoms. The van der Waals surface area contributed by atoms with Gasteiger partial charge in [0, 0.05) is 22.7 Å². The quantitative estimate of drug-likeness (QED) is 0.0959. The summed E-state index contributed by atoms with van der Waals surface area (Å²) in [5.74, 6) is -2.40. The smallest absolute Gasteiger partial charge is 0.308 e. The summed E-state index contributed by atoms with van der Waals surface area (Å²) in [5.41, 5.74) is 0.990. The fourth-order valence-corrected chi connectivity index (χ4v) is 10.1. The molecule has 14 heteroatoms. The van der Waals surface area contributed by atoms with Gasteiger partial charge in [0.1, 0.15) is 5.92 Å². The number of carbonyl (C=O) groups is 2. The summed E-state index contributed by atoms with van der Waals surface area (Å²) >= 11 is 0.947. The van der Waals surface area contributed by atoms with Crippen molar-refractivity contribution in [1.29, 1.82) is 0 Å². The number of hydrogen-bond donors (Lipinski definition) is 1. The Hall–Kier alpha value is -2.56. The second kappa shape index (κ2) is 15.6. The predicted octanol–water partition coefficient (Wildman–Crippen LogP) is 6.89. The number of hydrogen-bond acceptors (Lipinski definition) is 11. The maximum atomic E-state index is 14.1. The Kier molecular flexibility index (Phi) is 12.5. The van der Waals surface area contributed by atoms with Crippen LogP contribution in [-0.4, -0.2) is 52.9 Å². The molecule has 1 aromatic heterocycles. The summed E-state index contributed by atoms with van der Waals surface area (Å²) < 4.78 is 54.7. The zero-order valence-electron chi connectivity index (χ0n) is 23.4. The van der Waals surface area contributed by atoms with Crippen molar-refractivity contribution >= 4 is 43.5 Å². The molecular formula is C27H35N3O8P2S. The topological polar surface area (TPSA) is 143 Å². The Morgan fingerprint density at radius 1 is 0.805 bits per heavy atom. The predicted molar refractivity (Wildman–Crippen MR) is 158 cm³/mol. The molecule has 0 saturated carbocycles. The van der Waals surface area contributed by atoms with E-state index in [4.69, 9.17) is 18.1 Å². The van der Waals surface area contributed by atoms with Crippen molar-refractivity contribution < 1.29 is 36.8 Å². The first kappa shape index (κ1) is 32.9. The lowest BCUT2D eigenvalue weighted by atomic mass is 9.94. The number of nitrogens with zero attached hydrogens (tertiary/aromatic N) is 2. The molecule has 0 saturated heterocycles. The third-order valence-corrected chi connectivity index (χ3v) is 12.5. The molecule has 3 aromatic rings. The van der Waals surface area contributed by atoms with Gasteiger partial charge in [-0.3, -0.25) is 18.7 Å². The van der Waals surface area contributed by atoms with Crippen LogP contribution in [0.15, 0.2) is 60.7 Å². The first-order valence-corrected chi connectivity index (χ1v) is 17.3. The van der Waals surface area contributed by atoms with Crippen LogP contribution in [-0.2, 0) is 32.0 Å². The van der Waals surface area contributed by atoms with Gasteiger partial charge in [-0.05, 0) is 34.1 Å². The van der Waals surface area contributed by atoms with Gasteiger partial charge in [-0.15, -0.1) is 0 Å². The molecule has 1 atom stereocenters. The van der Waals surface area contributed by atoms with E-state index in [2.05, 4.69) is 14.7 Å². The maximum Gasteiger partial charge on any atom is 0.345 e. The number of amides is 1. The van der Waals surface area contributed by atoms with Crippen molar-refractivity contribution in [2.24, 2.45) is 5.92 Å². The van der Waals surface area contributed by atoms with E-state index in [1.54, 1.807) is 58.0 Å². The van der Waals surface area contributed by atoms with Crippen molar-refractivity contribution in [3.05, 3.63) is 66.2 Å². The molecule has 11 nitrogen and oxygen atoms in total. The normalized spacial score (nSPS) is 12.8. The zero-order chi connectivity index (χ0) is 29.9. The van der Waals surface area contributed by atoms with Crippen molar-refractivity contribution in [2.75, 3.05) is 31.7 Å². The largest absolute Gasteiger partial charge is 0.345 e. The molecular weight excluding hydrogens is 588 g/mol. The van der Waals surface area contributed by atoms with E-state index >= 15 is 0 Å². The second-order valence-corrected chi connectivity index (χ2v) is 14.1. The average Bonchev–Trinajstić information content (AvgIpc) is 3.43. The minimum absolute atomic E-state index is 0.0391. The molecule has 0 radical (unpaired) electrons. The van der Waals surface area contributed by atoms with Gasteiger partial charge < -0.3 is 23.4 Å². The standard InChI is InChI=1S/C27H35N3O8P2S/c1-5-35-39(33,36-6-2)23(40(34,37-7-3)38-8-4)19-22(24(31)20-15-11-9-12-16-20)26(32)29-27-28-25(30-41-27)21-17-13-10-14-18-21/h9-18,22-23H,5-8,19H2,1-4H3,(H,28,29,30,32). The lowest BCUT2D eigenvalue weighted by Gasteiger charge is -2.32. The third kappa shape index (κ3) is 8.49. The van der Waals surface area contributed by atoms with Crippen LogP contribution in [0, 0.1) is 5.92 Å². The van der Waals surface area contributed by atoms with Gasteiger partial charge in [0.05, 0.1) is 26.4 Å². The number of ketones is 1. The van der Waals surface area contributed by atoms with Crippen molar-refractivity contribution in [1.82, 2.24) is 9.36 Å². The molecule has 3 rings (SSSR count). The number of nitrogens with one attached hydrogen (secondary N) is 1. The highest BCUT2D eigenvalue weighted by Gasteiger charge is 2.53. The highest BCUT2D eigenvalue weighted by Crippen LogP contribution is 2.72. The van der Waals surface area contributed by atoms with Gasteiger partial charge in [0.25, 0.3) is 0 Å². The van der Waals surface area contributed by atoms with E-state index in [1.807, 2.05) is 30.3 Å². The Morgan fingerprint density at radius 2 is 1.29 bits per heavy atom. The van der Waals surface area contributed by atoms with E-state index in [1.165, 1.54) is 0 Å². The maximum absolute atomic E-state index is 14.1. The number of benzene rings is 2. The summed E-state index contributed by atoms with van der Waals surface area (Å²) in [5, 5.41) is 1.26. The van der Waals surface area contributed by atoms with Crippen LogP contribution in [0.1, 0.15) is 44.5 Å². The highest BCUT2D eigenvalue weighted by atomic mass is 32.1. The average molecular weight is 624 g/mol. The molecule has 0 aliphatic heterocycles. The molecule has 1 amide bonds. The summed E-state index contributed by atoms with van der Waals surface area (Å²) in [4.78, 5) is 31.9.